The SMILES string of the molecule is C/C=C(/C=C/COC(=O)NCC)CC. The first-order valence-electron chi connectivity index (χ1n) is 4.96. The van der Waals surface area contributed by atoms with E-state index in [2.05, 4.69) is 12.2 Å². The van der Waals surface area contributed by atoms with Crippen LogP contribution in [0.25, 0.3) is 0 Å². The van der Waals surface area contributed by atoms with Gasteiger partial charge in [0.2, 0.25) is 0 Å². The van der Waals surface area contributed by atoms with E-state index in [9.17, 15) is 4.79 Å². The molecule has 0 saturated carbocycles. The molecule has 1 amide bonds. The van der Waals surface area contributed by atoms with Crippen LogP contribution in [0.5, 0.6) is 0 Å². The Bertz CT molecular complexity index is 219. The number of carbonyl (C=O) groups is 1. The zero-order valence-corrected chi connectivity index (χ0v) is 9.17. The van der Waals surface area contributed by atoms with Gasteiger partial charge in [-0.3, -0.25) is 0 Å². The number of amides is 1. The highest BCUT2D eigenvalue weighted by atomic mass is 16.5. The van der Waals surface area contributed by atoms with Gasteiger partial charge < -0.3 is 10.1 Å². The maximum Gasteiger partial charge on any atom is 0.407 e. The van der Waals surface area contributed by atoms with Crippen molar-refractivity contribution in [1.82, 2.24) is 5.32 Å². The van der Waals surface area contributed by atoms with Crippen molar-refractivity contribution in [2.45, 2.75) is 27.2 Å². The van der Waals surface area contributed by atoms with Crippen molar-refractivity contribution in [3.05, 3.63) is 23.8 Å². The van der Waals surface area contributed by atoms with Crippen LogP contribution in [-0.2, 0) is 4.74 Å². The summed E-state index contributed by atoms with van der Waals surface area (Å²) < 4.78 is 4.86. The third-order valence-corrected chi connectivity index (χ3v) is 1.74. The fourth-order valence-electron chi connectivity index (χ4n) is 0.937. The molecule has 0 aromatic heterocycles. The van der Waals surface area contributed by atoms with E-state index in [0.29, 0.717) is 13.2 Å². The Morgan fingerprint density at radius 2 is 2.14 bits per heavy atom. The number of alkyl carbamates (subject to hydrolysis) is 1. The van der Waals surface area contributed by atoms with Gasteiger partial charge in [-0.05, 0) is 26.3 Å². The number of ether oxygens (including phenoxy) is 1. The molecule has 0 atom stereocenters. The second-order valence-electron chi connectivity index (χ2n) is 2.75. The second-order valence-corrected chi connectivity index (χ2v) is 2.75. The van der Waals surface area contributed by atoms with E-state index in [0.717, 1.165) is 6.42 Å². The number of carbonyl (C=O) groups excluding carboxylic acids is 1. The summed E-state index contributed by atoms with van der Waals surface area (Å²) in [6.45, 7) is 6.85. The Morgan fingerprint density at radius 1 is 1.43 bits per heavy atom. The minimum absolute atomic E-state index is 0.323. The van der Waals surface area contributed by atoms with Gasteiger partial charge in [-0.2, -0.15) is 0 Å². The van der Waals surface area contributed by atoms with Gasteiger partial charge in [0.1, 0.15) is 6.61 Å². The molecule has 0 saturated heterocycles. The van der Waals surface area contributed by atoms with Crippen LogP contribution >= 0.6 is 0 Å². The number of rotatable bonds is 5. The van der Waals surface area contributed by atoms with Crippen molar-refractivity contribution in [1.29, 1.82) is 0 Å². The molecule has 0 aliphatic rings. The summed E-state index contributed by atoms with van der Waals surface area (Å²) in [5.74, 6) is 0. The Hall–Kier alpha value is -1.25. The molecule has 0 rings (SSSR count). The molecule has 3 heteroatoms. The van der Waals surface area contributed by atoms with E-state index in [-0.39, 0.29) is 6.09 Å². The van der Waals surface area contributed by atoms with Gasteiger partial charge in [0, 0.05) is 6.54 Å². The summed E-state index contributed by atoms with van der Waals surface area (Å²) in [5, 5.41) is 2.55. The summed E-state index contributed by atoms with van der Waals surface area (Å²) in [7, 11) is 0. The standard InChI is InChI=1S/C11H19NO2/c1-4-10(5-2)8-7-9-14-11(13)12-6-3/h4,7-8H,5-6,9H2,1-3H3,(H,12,13)/b8-7+,10-4+. The lowest BCUT2D eigenvalue weighted by atomic mass is 10.2. The average Bonchev–Trinajstić information content (AvgIpc) is 2.19. The molecule has 0 spiro atoms. The molecule has 14 heavy (non-hydrogen) atoms. The van der Waals surface area contributed by atoms with Crippen molar-refractivity contribution in [3.8, 4) is 0 Å². The van der Waals surface area contributed by atoms with Crippen molar-refractivity contribution in [2.75, 3.05) is 13.2 Å². The Labute approximate surface area is 85.8 Å². The van der Waals surface area contributed by atoms with Gasteiger partial charge in [-0.15, -0.1) is 0 Å². The summed E-state index contributed by atoms with van der Waals surface area (Å²) in [6, 6.07) is 0. The van der Waals surface area contributed by atoms with Gasteiger partial charge in [-0.25, -0.2) is 4.79 Å². The highest BCUT2D eigenvalue weighted by Crippen LogP contribution is 2.01. The first kappa shape index (κ1) is 12.8. The molecule has 0 aliphatic carbocycles. The topological polar surface area (TPSA) is 38.3 Å². The molecule has 0 radical (unpaired) electrons. The average molecular weight is 197 g/mol. The van der Waals surface area contributed by atoms with Crippen LogP contribution in [0.15, 0.2) is 23.8 Å². The van der Waals surface area contributed by atoms with Crippen molar-refractivity contribution in [2.24, 2.45) is 0 Å². The van der Waals surface area contributed by atoms with E-state index < -0.39 is 0 Å². The lowest BCUT2D eigenvalue weighted by Gasteiger charge is -2.01. The number of nitrogens with one attached hydrogen (secondary N) is 1. The maximum absolute atomic E-state index is 10.8. The smallest absolute Gasteiger partial charge is 0.407 e. The number of allylic oxidation sites excluding steroid dienone is 3. The molecule has 0 aromatic carbocycles. The van der Waals surface area contributed by atoms with Crippen LogP contribution in [0.2, 0.25) is 0 Å². The Kier molecular flexibility index (Phi) is 7.61. The van der Waals surface area contributed by atoms with Crippen molar-refractivity contribution in [3.63, 3.8) is 0 Å². The molecule has 0 bridgehead atoms. The minimum atomic E-state index is -0.365. The first-order valence-corrected chi connectivity index (χ1v) is 4.96. The second kappa shape index (κ2) is 8.35. The summed E-state index contributed by atoms with van der Waals surface area (Å²) in [4.78, 5) is 10.8. The first-order chi connectivity index (χ1) is 6.74. The summed E-state index contributed by atoms with van der Waals surface area (Å²) >= 11 is 0. The van der Waals surface area contributed by atoms with Crippen LogP contribution in [0.3, 0.4) is 0 Å². The number of hydrogen-bond donors (Lipinski definition) is 1. The Balaban J connectivity index is 3.67. The molecular formula is C11H19NO2. The predicted molar refractivity (Wildman–Crippen MR) is 58.2 cm³/mol. The molecule has 0 aromatic rings. The zero-order valence-electron chi connectivity index (χ0n) is 9.17. The predicted octanol–water partition coefficient (Wildman–Crippen LogP) is 2.65. The van der Waals surface area contributed by atoms with Crippen LogP contribution in [0.4, 0.5) is 4.79 Å². The van der Waals surface area contributed by atoms with Crippen LogP contribution in [-0.4, -0.2) is 19.2 Å². The molecule has 0 unspecified atom stereocenters. The number of hydrogen-bond acceptors (Lipinski definition) is 2. The Morgan fingerprint density at radius 3 is 2.64 bits per heavy atom. The highest BCUT2D eigenvalue weighted by molar-refractivity contribution is 5.67. The van der Waals surface area contributed by atoms with Crippen LogP contribution in [0, 0.1) is 0 Å². The van der Waals surface area contributed by atoms with Gasteiger partial charge in [0.25, 0.3) is 0 Å². The fraction of sp³-hybridized carbons (Fsp3) is 0.545. The van der Waals surface area contributed by atoms with Gasteiger partial charge in [-0.1, -0.05) is 24.6 Å². The third-order valence-electron chi connectivity index (χ3n) is 1.74. The van der Waals surface area contributed by atoms with Gasteiger partial charge >= 0.3 is 6.09 Å². The molecule has 0 fully saturated rings. The molecule has 1 N–H and O–H groups in total. The molecule has 0 heterocycles. The largest absolute Gasteiger partial charge is 0.445 e. The lowest BCUT2D eigenvalue weighted by Crippen LogP contribution is -2.23. The van der Waals surface area contributed by atoms with E-state index >= 15 is 0 Å². The van der Waals surface area contributed by atoms with Gasteiger partial charge in [0.05, 0.1) is 0 Å². The van der Waals surface area contributed by atoms with Crippen molar-refractivity contribution >= 4 is 6.09 Å². The highest BCUT2D eigenvalue weighted by Gasteiger charge is 1.95. The van der Waals surface area contributed by atoms with Crippen molar-refractivity contribution < 1.29 is 9.53 Å². The molecule has 3 nitrogen and oxygen atoms in total. The molecule has 0 aliphatic heterocycles. The maximum atomic E-state index is 10.8. The molecule has 80 valence electrons. The van der Waals surface area contributed by atoms with E-state index in [1.807, 2.05) is 32.1 Å². The normalized spacial score (nSPS) is 11.8. The van der Waals surface area contributed by atoms with E-state index in [1.165, 1.54) is 5.57 Å². The lowest BCUT2D eigenvalue weighted by molar-refractivity contribution is 0.159. The minimum Gasteiger partial charge on any atom is -0.445 e. The molecular weight excluding hydrogens is 178 g/mol. The summed E-state index contributed by atoms with van der Waals surface area (Å²) in [5.41, 5.74) is 1.24. The quantitative estimate of drug-likeness (QED) is 0.688. The summed E-state index contributed by atoms with van der Waals surface area (Å²) in [6.07, 6.45) is 6.49. The fourth-order valence-corrected chi connectivity index (χ4v) is 0.937. The van der Waals surface area contributed by atoms with Crippen LogP contribution < -0.4 is 5.32 Å². The third kappa shape index (κ3) is 6.29. The van der Waals surface area contributed by atoms with Gasteiger partial charge in [0.15, 0.2) is 0 Å². The van der Waals surface area contributed by atoms with Crippen LogP contribution in [0.1, 0.15) is 27.2 Å². The van der Waals surface area contributed by atoms with E-state index in [1.54, 1.807) is 0 Å². The zero-order chi connectivity index (χ0) is 10.8. The van der Waals surface area contributed by atoms with E-state index in [4.69, 9.17) is 4.74 Å². The monoisotopic (exact) mass is 197 g/mol.